The van der Waals surface area contributed by atoms with E-state index in [-0.39, 0.29) is 11.4 Å². The van der Waals surface area contributed by atoms with E-state index in [9.17, 15) is 4.79 Å². The molecule has 0 unspecified atom stereocenters. The maximum Gasteiger partial charge on any atom is 0.283 e. The van der Waals surface area contributed by atoms with Crippen molar-refractivity contribution in [3.8, 4) is 11.4 Å². The SMILES string of the molecule is CCC1=NN2C(=N)/C(=C\c3cc(C)n(-c4ccc(OC)c(Cl)c4)c3C)C(=O)N=C2S1. The van der Waals surface area contributed by atoms with Crippen molar-refractivity contribution >= 4 is 51.4 Å². The van der Waals surface area contributed by atoms with E-state index < -0.39 is 5.91 Å². The molecular weight excluding hydrogens is 422 g/mol. The number of halogens is 1. The van der Waals surface area contributed by atoms with E-state index in [1.165, 1.54) is 16.8 Å². The lowest BCUT2D eigenvalue weighted by molar-refractivity contribution is -0.114. The summed E-state index contributed by atoms with van der Waals surface area (Å²) in [6.45, 7) is 5.92. The lowest BCUT2D eigenvalue weighted by atomic mass is 10.1. The molecule has 1 aromatic carbocycles. The molecule has 3 heterocycles. The number of rotatable bonds is 4. The molecule has 30 heavy (non-hydrogen) atoms. The molecule has 9 heteroatoms. The highest BCUT2D eigenvalue weighted by molar-refractivity contribution is 8.26. The summed E-state index contributed by atoms with van der Waals surface area (Å²) >= 11 is 7.63. The number of carbonyl (C=O) groups is 1. The summed E-state index contributed by atoms with van der Waals surface area (Å²) in [5.41, 5.74) is 3.83. The fraction of sp³-hybridized carbons (Fsp3) is 0.238. The predicted octanol–water partition coefficient (Wildman–Crippen LogP) is 4.79. The fourth-order valence-electron chi connectivity index (χ4n) is 3.46. The Kier molecular flexibility index (Phi) is 5.29. The third-order valence-electron chi connectivity index (χ3n) is 4.96. The maximum atomic E-state index is 12.6. The monoisotopic (exact) mass is 441 g/mol. The summed E-state index contributed by atoms with van der Waals surface area (Å²) in [5, 5.41) is 16.1. The number of hydrogen-bond acceptors (Lipinski definition) is 5. The van der Waals surface area contributed by atoms with Gasteiger partial charge in [0.1, 0.15) is 10.8 Å². The Morgan fingerprint density at radius 2 is 2.07 bits per heavy atom. The minimum absolute atomic E-state index is 0.0400. The molecule has 0 saturated heterocycles. The summed E-state index contributed by atoms with van der Waals surface area (Å²) in [6, 6.07) is 7.55. The quantitative estimate of drug-likeness (QED) is 0.691. The lowest BCUT2D eigenvalue weighted by Crippen LogP contribution is -2.35. The number of aromatic nitrogens is 1. The van der Waals surface area contributed by atoms with Crippen LogP contribution in [-0.4, -0.2) is 38.6 Å². The number of thioether (sulfide) groups is 1. The average Bonchev–Trinajstić information content (AvgIpc) is 3.25. The first-order valence-corrected chi connectivity index (χ1v) is 10.6. The first kappa shape index (κ1) is 20.4. The van der Waals surface area contributed by atoms with Crippen LogP contribution in [0.15, 0.2) is 39.9 Å². The number of aryl methyl sites for hydroxylation is 1. The molecule has 1 N–H and O–H groups in total. The first-order valence-electron chi connectivity index (χ1n) is 9.36. The summed E-state index contributed by atoms with van der Waals surface area (Å²) in [5.74, 6) is 0.220. The van der Waals surface area contributed by atoms with Crippen molar-refractivity contribution in [3.63, 3.8) is 0 Å². The van der Waals surface area contributed by atoms with E-state index in [4.69, 9.17) is 21.7 Å². The second-order valence-corrected chi connectivity index (χ2v) is 8.30. The molecular formula is C21H20ClN5O2S. The third kappa shape index (κ3) is 3.36. The van der Waals surface area contributed by atoms with Crippen molar-refractivity contribution in [1.82, 2.24) is 9.58 Å². The van der Waals surface area contributed by atoms with Crippen LogP contribution in [0.1, 0.15) is 30.3 Å². The number of amides is 1. The molecule has 0 saturated carbocycles. The zero-order valence-electron chi connectivity index (χ0n) is 17.0. The van der Waals surface area contributed by atoms with Crippen LogP contribution in [0.3, 0.4) is 0 Å². The second kappa shape index (κ2) is 7.77. The van der Waals surface area contributed by atoms with Crippen molar-refractivity contribution in [2.45, 2.75) is 27.2 Å². The van der Waals surface area contributed by atoms with Gasteiger partial charge in [-0.05, 0) is 67.9 Å². The normalized spacial score (nSPS) is 17.4. The van der Waals surface area contributed by atoms with Crippen LogP contribution >= 0.6 is 23.4 Å². The summed E-state index contributed by atoms with van der Waals surface area (Å²) < 4.78 is 7.28. The van der Waals surface area contributed by atoms with E-state index in [1.54, 1.807) is 13.2 Å². The van der Waals surface area contributed by atoms with Gasteiger partial charge in [0, 0.05) is 17.1 Å². The van der Waals surface area contributed by atoms with Crippen LogP contribution in [0.5, 0.6) is 5.75 Å². The zero-order valence-corrected chi connectivity index (χ0v) is 18.6. The lowest BCUT2D eigenvalue weighted by Gasteiger charge is -2.20. The van der Waals surface area contributed by atoms with Gasteiger partial charge in [-0.25, -0.2) is 0 Å². The van der Waals surface area contributed by atoms with Crippen molar-refractivity contribution in [2.75, 3.05) is 7.11 Å². The first-order chi connectivity index (χ1) is 14.3. The molecule has 2 aliphatic heterocycles. The Bertz CT molecular complexity index is 1180. The second-order valence-electron chi connectivity index (χ2n) is 6.85. The molecule has 0 bridgehead atoms. The molecule has 1 amide bonds. The number of aliphatic imine (C=N–C) groups is 1. The van der Waals surface area contributed by atoms with E-state index in [1.807, 2.05) is 49.6 Å². The van der Waals surface area contributed by atoms with Crippen LogP contribution in [0.4, 0.5) is 0 Å². The minimum Gasteiger partial charge on any atom is -0.495 e. The molecule has 2 aliphatic rings. The molecule has 0 aliphatic carbocycles. The number of benzene rings is 1. The molecule has 154 valence electrons. The molecule has 0 radical (unpaired) electrons. The number of nitrogens with zero attached hydrogens (tertiary/aromatic N) is 4. The highest BCUT2D eigenvalue weighted by Crippen LogP contribution is 2.32. The predicted molar refractivity (Wildman–Crippen MR) is 122 cm³/mol. The number of hydrogen-bond donors (Lipinski definition) is 1. The van der Waals surface area contributed by atoms with Gasteiger partial charge in [0.2, 0.25) is 5.17 Å². The number of fused-ring (bicyclic) bond motifs is 1. The van der Waals surface area contributed by atoms with Gasteiger partial charge in [-0.15, -0.1) is 0 Å². The molecule has 7 nitrogen and oxygen atoms in total. The summed E-state index contributed by atoms with van der Waals surface area (Å²) in [7, 11) is 1.58. The number of carbonyl (C=O) groups excluding carboxylic acids is 1. The maximum absolute atomic E-state index is 12.6. The molecule has 1 aromatic heterocycles. The van der Waals surface area contributed by atoms with Crippen LogP contribution in [0.2, 0.25) is 5.02 Å². The molecule has 0 fully saturated rings. The van der Waals surface area contributed by atoms with Gasteiger partial charge in [-0.2, -0.15) is 15.1 Å². The largest absolute Gasteiger partial charge is 0.495 e. The van der Waals surface area contributed by atoms with Crippen LogP contribution in [-0.2, 0) is 4.79 Å². The Morgan fingerprint density at radius 1 is 1.30 bits per heavy atom. The van der Waals surface area contributed by atoms with Crippen molar-refractivity contribution in [3.05, 3.63) is 51.8 Å². The summed E-state index contributed by atoms with van der Waals surface area (Å²) in [4.78, 5) is 16.7. The van der Waals surface area contributed by atoms with Gasteiger partial charge in [0.05, 0.1) is 17.7 Å². The number of ether oxygens (including phenoxy) is 1. The van der Waals surface area contributed by atoms with Gasteiger partial charge in [-0.1, -0.05) is 18.5 Å². The molecule has 0 spiro atoms. The van der Waals surface area contributed by atoms with Gasteiger partial charge in [0.15, 0.2) is 5.84 Å². The molecule has 0 atom stereocenters. The number of methoxy groups -OCH3 is 1. The zero-order chi connectivity index (χ0) is 21.6. The fourth-order valence-corrected chi connectivity index (χ4v) is 4.53. The Hall–Kier alpha value is -2.84. The van der Waals surface area contributed by atoms with Crippen molar-refractivity contribution in [2.24, 2.45) is 10.1 Å². The van der Waals surface area contributed by atoms with E-state index >= 15 is 0 Å². The molecule has 4 rings (SSSR count). The summed E-state index contributed by atoms with van der Waals surface area (Å²) in [6.07, 6.45) is 2.44. The van der Waals surface area contributed by atoms with E-state index in [0.717, 1.165) is 34.1 Å². The third-order valence-corrected chi connectivity index (χ3v) is 6.31. The Labute approximate surface area is 183 Å². The topological polar surface area (TPSA) is 83.0 Å². The van der Waals surface area contributed by atoms with Gasteiger partial charge < -0.3 is 9.30 Å². The highest BCUT2D eigenvalue weighted by atomic mass is 35.5. The van der Waals surface area contributed by atoms with E-state index in [2.05, 4.69) is 10.1 Å². The van der Waals surface area contributed by atoms with Crippen molar-refractivity contribution in [1.29, 1.82) is 5.41 Å². The standard InChI is InChI=1S/C21H20ClN5O2S/c1-5-18-25-27-19(23)15(20(28)24-21(27)30-18)9-13-8-11(2)26(12(13)3)14-6-7-17(29-4)16(22)10-14/h6-10,23H,5H2,1-4H3/b15-9+,23-19?. The van der Waals surface area contributed by atoms with Crippen LogP contribution < -0.4 is 4.74 Å². The smallest absolute Gasteiger partial charge is 0.283 e. The Balaban J connectivity index is 1.74. The number of nitrogens with one attached hydrogen (secondary N) is 1. The van der Waals surface area contributed by atoms with Gasteiger partial charge in [-0.3, -0.25) is 10.2 Å². The van der Waals surface area contributed by atoms with Crippen LogP contribution in [0, 0.1) is 19.3 Å². The number of amidine groups is 2. The minimum atomic E-state index is -0.427. The van der Waals surface area contributed by atoms with Crippen LogP contribution in [0.25, 0.3) is 11.8 Å². The highest BCUT2D eigenvalue weighted by Gasteiger charge is 2.35. The van der Waals surface area contributed by atoms with Crippen molar-refractivity contribution < 1.29 is 9.53 Å². The van der Waals surface area contributed by atoms with E-state index in [0.29, 0.717) is 15.9 Å². The molecule has 2 aromatic rings. The Morgan fingerprint density at radius 3 is 2.73 bits per heavy atom. The number of hydrazone groups is 1. The average molecular weight is 442 g/mol. The van der Waals surface area contributed by atoms with Gasteiger partial charge >= 0.3 is 0 Å². The van der Waals surface area contributed by atoms with Gasteiger partial charge in [0.25, 0.3) is 5.91 Å².